The first-order chi connectivity index (χ1) is 18.9. The maximum atomic E-state index is 13.7. The van der Waals surface area contributed by atoms with Crippen LogP contribution in [0.1, 0.15) is 30.1 Å². The summed E-state index contributed by atoms with van der Waals surface area (Å²) in [5.41, 5.74) is 3.30. The Kier molecular flexibility index (Phi) is 6.90. The minimum atomic E-state index is -3.64. The third-order valence-electron chi connectivity index (χ3n) is 7.22. The van der Waals surface area contributed by atoms with Gasteiger partial charge in [0, 0.05) is 53.3 Å². The van der Waals surface area contributed by atoms with Gasteiger partial charge in [-0.05, 0) is 41.3 Å². The maximum Gasteiger partial charge on any atom is 0.216 e. The zero-order chi connectivity index (χ0) is 26.8. The van der Waals surface area contributed by atoms with Crippen LogP contribution < -0.4 is 15.5 Å². The van der Waals surface area contributed by atoms with Crippen LogP contribution in [-0.4, -0.2) is 41.3 Å². The number of quaternary nitrogens is 1. The fraction of sp³-hybridized carbons (Fsp3) is 0.241. The number of piperidine rings is 1. The molecule has 0 spiro atoms. The SMILES string of the molecule is O=c1c2cc(CS(=O)(=O)NCc3ccccn3)ccc2ccc2ncc(-c3cnn(C4CC[NH2+]CC4)c3)cc12. The smallest absolute Gasteiger partial charge is 0.216 e. The van der Waals surface area contributed by atoms with E-state index in [9.17, 15) is 13.2 Å². The summed E-state index contributed by atoms with van der Waals surface area (Å²) in [6.45, 7) is 2.31. The van der Waals surface area contributed by atoms with Crippen LogP contribution in [0.5, 0.6) is 0 Å². The molecule has 198 valence electrons. The highest BCUT2D eigenvalue weighted by atomic mass is 32.2. The van der Waals surface area contributed by atoms with Gasteiger partial charge < -0.3 is 5.32 Å². The predicted molar refractivity (Wildman–Crippen MR) is 150 cm³/mol. The molecule has 2 aromatic carbocycles. The number of aromatic nitrogens is 4. The molecule has 0 atom stereocenters. The molecule has 1 fully saturated rings. The number of hydrogen-bond acceptors (Lipinski definition) is 6. The topological polar surface area (TPSA) is 123 Å². The second-order valence-electron chi connectivity index (χ2n) is 9.95. The van der Waals surface area contributed by atoms with Crippen LogP contribution in [0.15, 0.2) is 84.2 Å². The fourth-order valence-corrected chi connectivity index (χ4v) is 6.20. The van der Waals surface area contributed by atoms with Gasteiger partial charge in [0.05, 0.1) is 48.8 Å². The summed E-state index contributed by atoms with van der Waals surface area (Å²) in [5.74, 6) is -0.243. The summed E-state index contributed by atoms with van der Waals surface area (Å²) in [5, 5.41) is 8.58. The molecular weight excluding hydrogens is 512 g/mol. The Morgan fingerprint density at radius 2 is 1.79 bits per heavy atom. The van der Waals surface area contributed by atoms with E-state index in [2.05, 4.69) is 25.1 Å². The van der Waals surface area contributed by atoms with Crippen molar-refractivity contribution in [1.29, 1.82) is 0 Å². The van der Waals surface area contributed by atoms with Gasteiger partial charge >= 0.3 is 0 Å². The molecule has 1 aliphatic heterocycles. The van der Waals surface area contributed by atoms with Crippen LogP contribution in [0, 0.1) is 0 Å². The predicted octanol–water partition coefficient (Wildman–Crippen LogP) is 2.52. The molecule has 1 aliphatic rings. The molecule has 9 nitrogen and oxygen atoms in total. The Bertz CT molecular complexity index is 1820. The maximum absolute atomic E-state index is 13.7. The van der Waals surface area contributed by atoms with Gasteiger partial charge in [0.15, 0.2) is 5.43 Å². The molecule has 0 saturated carbocycles. The van der Waals surface area contributed by atoms with Gasteiger partial charge in [0.25, 0.3) is 0 Å². The zero-order valence-electron chi connectivity index (χ0n) is 21.3. The lowest BCUT2D eigenvalue weighted by Crippen LogP contribution is -2.86. The second kappa shape index (κ2) is 10.6. The number of sulfonamides is 1. The van der Waals surface area contributed by atoms with Gasteiger partial charge in [-0.3, -0.25) is 19.4 Å². The number of nitrogens with one attached hydrogen (secondary N) is 1. The van der Waals surface area contributed by atoms with Gasteiger partial charge in [0.1, 0.15) is 0 Å². The second-order valence-corrected chi connectivity index (χ2v) is 11.8. The van der Waals surface area contributed by atoms with Gasteiger partial charge in [-0.1, -0.05) is 24.3 Å². The molecule has 6 rings (SSSR count). The molecule has 3 aromatic heterocycles. The average Bonchev–Trinajstić information content (AvgIpc) is 3.42. The minimum Gasteiger partial charge on any atom is -0.346 e. The summed E-state index contributed by atoms with van der Waals surface area (Å²) < 4.78 is 30.1. The van der Waals surface area contributed by atoms with Crippen LogP contribution in [0.2, 0.25) is 0 Å². The van der Waals surface area contributed by atoms with E-state index in [0.717, 1.165) is 42.4 Å². The van der Waals surface area contributed by atoms with Crippen LogP contribution in [0.4, 0.5) is 0 Å². The molecular formula is C29H29N6O3S+. The molecule has 10 heteroatoms. The van der Waals surface area contributed by atoms with E-state index < -0.39 is 10.0 Å². The summed E-state index contributed by atoms with van der Waals surface area (Å²) in [7, 11) is -3.64. The largest absolute Gasteiger partial charge is 0.346 e. The molecule has 3 N–H and O–H groups in total. The number of fused-ring (bicyclic) bond motifs is 2. The third-order valence-corrected chi connectivity index (χ3v) is 8.52. The van der Waals surface area contributed by atoms with Crippen LogP contribution in [0.3, 0.4) is 0 Å². The van der Waals surface area contributed by atoms with E-state index >= 15 is 0 Å². The van der Waals surface area contributed by atoms with Crippen LogP contribution >= 0.6 is 0 Å². The van der Waals surface area contributed by atoms with E-state index in [-0.39, 0.29) is 17.7 Å². The molecule has 39 heavy (non-hydrogen) atoms. The fourth-order valence-electron chi connectivity index (χ4n) is 5.11. The third kappa shape index (κ3) is 5.58. The quantitative estimate of drug-likeness (QED) is 0.326. The summed E-state index contributed by atoms with van der Waals surface area (Å²) >= 11 is 0. The number of benzene rings is 1. The lowest BCUT2D eigenvalue weighted by Gasteiger charge is -2.20. The van der Waals surface area contributed by atoms with Crippen molar-refractivity contribution >= 4 is 31.7 Å². The van der Waals surface area contributed by atoms with Crippen molar-refractivity contribution < 1.29 is 13.7 Å². The summed E-state index contributed by atoms with van der Waals surface area (Å²) in [4.78, 5) is 22.4. The molecule has 0 amide bonds. The Hall–Kier alpha value is -3.99. The molecule has 0 unspecified atom stereocenters. The van der Waals surface area contributed by atoms with Crippen molar-refractivity contribution in [3.05, 3.63) is 101 Å². The first-order valence-corrected chi connectivity index (χ1v) is 14.7. The monoisotopic (exact) mass is 541 g/mol. The molecule has 4 heterocycles. The average molecular weight is 542 g/mol. The Morgan fingerprint density at radius 1 is 0.949 bits per heavy atom. The van der Waals surface area contributed by atoms with E-state index in [1.807, 2.05) is 41.3 Å². The first-order valence-electron chi connectivity index (χ1n) is 13.0. The van der Waals surface area contributed by atoms with Crippen molar-refractivity contribution in [2.24, 2.45) is 0 Å². The molecule has 1 saturated heterocycles. The minimum absolute atomic E-state index is 0.105. The number of rotatable bonds is 7. The highest BCUT2D eigenvalue weighted by Gasteiger charge is 2.19. The summed E-state index contributed by atoms with van der Waals surface area (Å²) in [6, 6.07) is 16.5. The molecule has 5 aromatic rings. The van der Waals surface area contributed by atoms with Crippen molar-refractivity contribution in [3.63, 3.8) is 0 Å². The number of hydrogen-bond donors (Lipinski definition) is 2. The number of pyridine rings is 2. The van der Waals surface area contributed by atoms with Crippen molar-refractivity contribution in [2.45, 2.75) is 31.2 Å². The standard InChI is InChI=1S/C29H28N6O3S/c36-29-26-13-20(19-39(37,38)34-17-24-3-1-2-10-31-24)4-5-21(26)6-7-28-27(29)14-22(15-32-28)23-16-33-35(18-23)25-8-11-30-12-9-25/h1-7,10,13-16,18,25,30,34H,8-9,11-12,17,19H2/p+1. The number of nitrogens with zero attached hydrogens (tertiary/aromatic N) is 4. The first kappa shape index (κ1) is 25.3. The normalized spacial score (nSPS) is 14.7. The van der Waals surface area contributed by atoms with Gasteiger partial charge in [-0.2, -0.15) is 5.10 Å². The van der Waals surface area contributed by atoms with Crippen molar-refractivity contribution in [2.75, 3.05) is 13.1 Å². The molecule has 0 bridgehead atoms. The molecule has 0 aliphatic carbocycles. The summed E-state index contributed by atoms with van der Waals surface area (Å²) in [6.07, 6.45) is 9.42. The van der Waals surface area contributed by atoms with Crippen molar-refractivity contribution in [3.8, 4) is 11.1 Å². The van der Waals surface area contributed by atoms with E-state index in [4.69, 9.17) is 0 Å². The van der Waals surface area contributed by atoms with Gasteiger partial charge in [-0.25, -0.2) is 13.1 Å². The van der Waals surface area contributed by atoms with Crippen LogP contribution in [0.25, 0.3) is 32.8 Å². The van der Waals surface area contributed by atoms with E-state index in [1.165, 1.54) is 0 Å². The Labute approximate surface area is 226 Å². The highest BCUT2D eigenvalue weighted by Crippen LogP contribution is 2.25. The van der Waals surface area contributed by atoms with Gasteiger partial charge in [0.2, 0.25) is 10.0 Å². The lowest BCUT2D eigenvalue weighted by molar-refractivity contribution is -0.664. The van der Waals surface area contributed by atoms with E-state index in [0.29, 0.717) is 33.6 Å². The highest BCUT2D eigenvalue weighted by molar-refractivity contribution is 7.88. The Balaban J connectivity index is 1.31. The van der Waals surface area contributed by atoms with Crippen molar-refractivity contribution in [1.82, 2.24) is 24.5 Å². The molecule has 0 radical (unpaired) electrons. The van der Waals surface area contributed by atoms with Gasteiger partial charge in [-0.15, -0.1) is 0 Å². The van der Waals surface area contributed by atoms with E-state index in [1.54, 1.807) is 42.7 Å². The Morgan fingerprint density at radius 3 is 2.62 bits per heavy atom. The lowest BCUT2D eigenvalue weighted by atomic mass is 10.1. The number of nitrogens with two attached hydrogens (primary N) is 1. The zero-order valence-corrected chi connectivity index (χ0v) is 22.1. The van der Waals surface area contributed by atoms with Crippen LogP contribution in [-0.2, 0) is 22.3 Å².